The number of hydrogen-bond acceptors (Lipinski definition) is 5. The van der Waals surface area contributed by atoms with Gasteiger partial charge in [-0.1, -0.05) is 48.9 Å². The number of nitrogens with zero attached hydrogens (tertiary/aromatic N) is 2. The number of sulfonamides is 1. The van der Waals surface area contributed by atoms with Crippen LogP contribution in [-0.4, -0.2) is 44.3 Å². The molecule has 39 heavy (non-hydrogen) atoms. The Balaban J connectivity index is 1.55. The van der Waals surface area contributed by atoms with Gasteiger partial charge < -0.3 is 10.6 Å². The van der Waals surface area contributed by atoms with Crippen molar-refractivity contribution in [3.8, 4) is 0 Å². The molecule has 1 atom stereocenters. The van der Waals surface area contributed by atoms with Crippen LogP contribution in [0, 0.1) is 5.82 Å². The molecule has 0 aromatic heterocycles. The molecule has 3 aromatic rings. The van der Waals surface area contributed by atoms with Crippen LogP contribution in [0.3, 0.4) is 0 Å². The Morgan fingerprint density at radius 1 is 1.05 bits per heavy atom. The fourth-order valence-corrected chi connectivity index (χ4v) is 6.12. The second-order valence-corrected chi connectivity index (χ2v) is 11.1. The zero-order chi connectivity index (χ0) is 28.4. The van der Waals surface area contributed by atoms with E-state index in [4.69, 9.17) is 11.6 Å². The topological polar surface area (TPSA) is 116 Å². The summed E-state index contributed by atoms with van der Waals surface area (Å²) in [4.78, 5) is 39.6. The molecule has 12 heteroatoms. The second kappa shape index (κ2) is 11.0. The van der Waals surface area contributed by atoms with Crippen molar-refractivity contribution in [1.82, 2.24) is 10.2 Å². The molecule has 1 aliphatic heterocycles. The van der Waals surface area contributed by atoms with Gasteiger partial charge in [-0.05, 0) is 61.4 Å². The maximum atomic E-state index is 13.4. The fraction of sp³-hybridized carbons (Fsp3) is 0.222. The van der Waals surface area contributed by atoms with Crippen molar-refractivity contribution in [2.45, 2.75) is 30.7 Å². The molecule has 0 aliphatic carbocycles. The van der Waals surface area contributed by atoms with Gasteiger partial charge in [0.2, 0.25) is 5.91 Å². The molecule has 2 N–H and O–H groups in total. The van der Waals surface area contributed by atoms with Gasteiger partial charge in [0, 0.05) is 6.54 Å². The number of benzene rings is 3. The lowest BCUT2D eigenvalue weighted by molar-refractivity contribution is -0.134. The van der Waals surface area contributed by atoms with Crippen LogP contribution in [0.15, 0.2) is 77.7 Å². The van der Waals surface area contributed by atoms with Crippen molar-refractivity contribution in [3.05, 3.63) is 89.2 Å². The van der Waals surface area contributed by atoms with E-state index in [-0.39, 0.29) is 28.6 Å². The van der Waals surface area contributed by atoms with Crippen LogP contribution in [0.2, 0.25) is 5.02 Å². The summed E-state index contributed by atoms with van der Waals surface area (Å²) >= 11 is 6.24. The first-order valence-corrected chi connectivity index (χ1v) is 13.9. The van der Waals surface area contributed by atoms with E-state index in [1.165, 1.54) is 46.8 Å². The molecular weight excluding hydrogens is 547 g/mol. The average Bonchev–Trinajstić information content (AvgIpc) is 3.16. The summed E-state index contributed by atoms with van der Waals surface area (Å²) in [5, 5.41) is 5.19. The van der Waals surface area contributed by atoms with Gasteiger partial charge in [-0.3, -0.25) is 18.8 Å². The molecule has 1 heterocycles. The largest absolute Gasteiger partial charge is 0.325 e. The number of anilines is 2. The third-order valence-electron chi connectivity index (χ3n) is 6.48. The highest BCUT2D eigenvalue weighted by Crippen LogP contribution is 2.33. The molecule has 0 radical (unpaired) electrons. The van der Waals surface area contributed by atoms with Gasteiger partial charge in [0.15, 0.2) is 0 Å². The van der Waals surface area contributed by atoms with Gasteiger partial charge in [0.1, 0.15) is 17.9 Å². The predicted molar refractivity (Wildman–Crippen MR) is 145 cm³/mol. The Bertz CT molecular complexity index is 1520. The Hall–Kier alpha value is -3.96. The van der Waals surface area contributed by atoms with Crippen molar-refractivity contribution in [2.24, 2.45) is 0 Å². The summed E-state index contributed by atoms with van der Waals surface area (Å²) in [5.41, 5.74) is -0.594. The highest BCUT2D eigenvalue weighted by Gasteiger charge is 2.51. The Morgan fingerprint density at radius 2 is 1.72 bits per heavy atom. The zero-order valence-corrected chi connectivity index (χ0v) is 22.7. The number of urea groups is 1. The summed E-state index contributed by atoms with van der Waals surface area (Å²) in [6, 6.07) is 16.8. The van der Waals surface area contributed by atoms with Crippen LogP contribution in [0.4, 0.5) is 20.6 Å². The lowest BCUT2D eigenvalue weighted by Gasteiger charge is -2.25. The van der Waals surface area contributed by atoms with Gasteiger partial charge in [-0.25, -0.2) is 17.6 Å². The molecule has 1 aliphatic rings. The van der Waals surface area contributed by atoms with E-state index in [1.807, 2.05) is 0 Å². The maximum absolute atomic E-state index is 13.4. The number of hydrogen-bond donors (Lipinski definition) is 2. The number of amides is 4. The monoisotopic (exact) mass is 572 g/mol. The number of nitrogens with one attached hydrogen (secondary N) is 2. The van der Waals surface area contributed by atoms with Gasteiger partial charge in [0.25, 0.3) is 15.9 Å². The molecule has 0 bridgehead atoms. The Kier molecular flexibility index (Phi) is 7.94. The molecule has 4 amide bonds. The number of carbonyl (C=O) groups excluding carboxylic acids is 3. The number of para-hydroxylation sites is 1. The van der Waals surface area contributed by atoms with E-state index in [0.29, 0.717) is 11.3 Å². The summed E-state index contributed by atoms with van der Waals surface area (Å²) < 4.78 is 41.4. The van der Waals surface area contributed by atoms with Gasteiger partial charge in [-0.15, -0.1) is 0 Å². The molecule has 0 unspecified atom stereocenters. The van der Waals surface area contributed by atoms with E-state index in [2.05, 4.69) is 10.6 Å². The molecule has 3 aromatic carbocycles. The molecule has 4 rings (SSSR count). The molecule has 204 valence electrons. The Labute approximate surface area is 230 Å². The quantitative estimate of drug-likeness (QED) is 0.367. The first-order valence-electron chi connectivity index (χ1n) is 12.1. The van der Waals surface area contributed by atoms with Gasteiger partial charge >= 0.3 is 6.03 Å². The van der Waals surface area contributed by atoms with Crippen molar-refractivity contribution in [2.75, 3.05) is 22.7 Å². The molecule has 0 saturated carbocycles. The van der Waals surface area contributed by atoms with Crippen LogP contribution in [0.1, 0.15) is 25.8 Å². The first-order chi connectivity index (χ1) is 18.5. The van der Waals surface area contributed by atoms with Crippen LogP contribution in [0.25, 0.3) is 0 Å². The summed E-state index contributed by atoms with van der Waals surface area (Å²) in [5.74, 6) is -1.93. The third kappa shape index (κ3) is 5.32. The maximum Gasteiger partial charge on any atom is 0.325 e. The Morgan fingerprint density at radius 3 is 2.33 bits per heavy atom. The second-order valence-electron chi connectivity index (χ2n) is 8.78. The SMILES string of the molecule is CCN(c1ccccc1)S(=O)(=O)c1ccc(Cl)c(NC(=O)CN2C(=O)N[C@](CC)(c3ccc(F)cc3)C2=O)c1. The molecule has 0 spiro atoms. The van der Waals surface area contributed by atoms with Crippen LogP contribution in [-0.2, 0) is 25.2 Å². The van der Waals surface area contributed by atoms with E-state index >= 15 is 0 Å². The summed E-state index contributed by atoms with van der Waals surface area (Å²) in [6.07, 6.45) is 0.169. The molecular formula is C27H26ClFN4O5S. The number of imide groups is 1. The van der Waals surface area contributed by atoms with Gasteiger partial charge in [0.05, 0.1) is 21.3 Å². The molecule has 9 nitrogen and oxygen atoms in total. The lowest BCUT2D eigenvalue weighted by Crippen LogP contribution is -2.44. The predicted octanol–water partition coefficient (Wildman–Crippen LogP) is 4.49. The molecule has 1 fully saturated rings. The minimum absolute atomic E-state index is 0.000741. The first kappa shape index (κ1) is 28.1. The summed E-state index contributed by atoms with van der Waals surface area (Å²) in [6.45, 7) is 2.90. The van der Waals surface area contributed by atoms with Crippen LogP contribution in [0.5, 0.6) is 0 Å². The van der Waals surface area contributed by atoms with E-state index in [0.717, 1.165) is 4.90 Å². The average molecular weight is 573 g/mol. The van der Waals surface area contributed by atoms with E-state index in [1.54, 1.807) is 44.2 Å². The van der Waals surface area contributed by atoms with Gasteiger partial charge in [-0.2, -0.15) is 0 Å². The van der Waals surface area contributed by atoms with Crippen molar-refractivity contribution >= 4 is 50.8 Å². The minimum Gasteiger partial charge on any atom is -0.323 e. The zero-order valence-electron chi connectivity index (χ0n) is 21.1. The number of carbonyl (C=O) groups is 3. The minimum atomic E-state index is -4.00. The van der Waals surface area contributed by atoms with Crippen molar-refractivity contribution in [1.29, 1.82) is 0 Å². The standard InChI is InChI=1S/C27H26ClFN4O5S/c1-3-27(18-10-12-19(29)13-11-18)25(35)32(26(36)31-27)17-24(34)30-23-16-21(14-15-22(23)28)39(37,38)33(4-2)20-8-6-5-7-9-20/h5-16H,3-4,17H2,1-2H3,(H,30,34)(H,31,36)/t27-/m1/s1. The molecule has 1 saturated heterocycles. The third-order valence-corrected chi connectivity index (χ3v) is 8.70. The smallest absolute Gasteiger partial charge is 0.323 e. The highest BCUT2D eigenvalue weighted by molar-refractivity contribution is 7.92. The van der Waals surface area contributed by atoms with E-state index in [9.17, 15) is 27.2 Å². The summed E-state index contributed by atoms with van der Waals surface area (Å²) in [7, 11) is -4.00. The normalized spacial score (nSPS) is 17.2. The fourth-order valence-electron chi connectivity index (χ4n) is 4.45. The van der Waals surface area contributed by atoms with Crippen LogP contribution < -0.4 is 14.9 Å². The lowest BCUT2D eigenvalue weighted by atomic mass is 9.87. The van der Waals surface area contributed by atoms with Crippen LogP contribution >= 0.6 is 11.6 Å². The van der Waals surface area contributed by atoms with Crippen molar-refractivity contribution < 1.29 is 27.2 Å². The highest BCUT2D eigenvalue weighted by atomic mass is 35.5. The van der Waals surface area contributed by atoms with E-state index < -0.39 is 45.8 Å². The number of halogens is 2. The number of rotatable bonds is 9. The van der Waals surface area contributed by atoms with Crippen molar-refractivity contribution in [3.63, 3.8) is 0 Å².